The zero-order valence-electron chi connectivity index (χ0n) is 14.4. The van der Waals surface area contributed by atoms with Crippen molar-refractivity contribution >= 4 is 11.8 Å². The molecule has 2 amide bonds. The van der Waals surface area contributed by atoms with Crippen molar-refractivity contribution < 1.29 is 9.59 Å². The van der Waals surface area contributed by atoms with Gasteiger partial charge in [-0.05, 0) is 61.8 Å². The highest BCUT2D eigenvalue weighted by atomic mass is 16.2. The van der Waals surface area contributed by atoms with Crippen molar-refractivity contribution in [2.24, 2.45) is 11.8 Å². The van der Waals surface area contributed by atoms with Gasteiger partial charge in [-0.2, -0.15) is 0 Å². The van der Waals surface area contributed by atoms with Gasteiger partial charge >= 0.3 is 0 Å². The van der Waals surface area contributed by atoms with Crippen molar-refractivity contribution in [3.63, 3.8) is 0 Å². The maximum absolute atomic E-state index is 12.5. The summed E-state index contributed by atoms with van der Waals surface area (Å²) in [5.74, 6) is 1.03. The van der Waals surface area contributed by atoms with E-state index in [4.69, 9.17) is 0 Å². The minimum atomic E-state index is -0.0920. The van der Waals surface area contributed by atoms with Crippen LogP contribution in [-0.4, -0.2) is 34.8 Å². The zero-order chi connectivity index (χ0) is 17.5. The number of nitrogens with zero attached hydrogens (tertiary/aromatic N) is 2. The van der Waals surface area contributed by atoms with Gasteiger partial charge in [0.05, 0.1) is 12.2 Å². The third kappa shape index (κ3) is 6.53. The van der Waals surface area contributed by atoms with E-state index in [-0.39, 0.29) is 11.8 Å². The SMILES string of the molecule is O=C(C=CC1CC1)NCCN(Cc1ccccn1)C(=O)C=CC1CC1. The quantitative estimate of drug-likeness (QED) is 0.703. The maximum atomic E-state index is 12.5. The summed E-state index contributed by atoms with van der Waals surface area (Å²) in [6.45, 7) is 1.35. The first-order valence-electron chi connectivity index (χ1n) is 9.04. The minimum Gasteiger partial charge on any atom is -0.351 e. The molecule has 1 N–H and O–H groups in total. The number of pyridine rings is 1. The highest BCUT2D eigenvalue weighted by Gasteiger charge is 2.19. The van der Waals surface area contributed by atoms with Gasteiger partial charge in [0.2, 0.25) is 11.8 Å². The first kappa shape index (κ1) is 17.4. The lowest BCUT2D eigenvalue weighted by atomic mass is 10.3. The van der Waals surface area contributed by atoms with E-state index >= 15 is 0 Å². The Morgan fingerprint density at radius 1 is 1.12 bits per heavy atom. The van der Waals surface area contributed by atoms with E-state index in [0.29, 0.717) is 31.5 Å². The van der Waals surface area contributed by atoms with Crippen LogP contribution in [0.5, 0.6) is 0 Å². The van der Waals surface area contributed by atoms with Gasteiger partial charge in [-0.1, -0.05) is 18.2 Å². The van der Waals surface area contributed by atoms with E-state index in [1.807, 2.05) is 30.4 Å². The van der Waals surface area contributed by atoms with E-state index in [1.165, 1.54) is 25.7 Å². The summed E-state index contributed by atoms with van der Waals surface area (Å²) in [4.78, 5) is 30.3. The maximum Gasteiger partial charge on any atom is 0.246 e. The average molecular weight is 339 g/mol. The van der Waals surface area contributed by atoms with Crippen LogP contribution in [0.1, 0.15) is 31.4 Å². The molecule has 0 bridgehead atoms. The number of carbonyl (C=O) groups excluding carboxylic acids is 2. The minimum absolute atomic E-state index is 0.0275. The number of carbonyl (C=O) groups is 2. The van der Waals surface area contributed by atoms with E-state index in [0.717, 1.165) is 5.69 Å². The second kappa shape index (κ2) is 8.60. The van der Waals surface area contributed by atoms with Gasteiger partial charge in [0, 0.05) is 19.3 Å². The van der Waals surface area contributed by atoms with Crippen molar-refractivity contribution in [2.75, 3.05) is 13.1 Å². The molecule has 1 heterocycles. The molecule has 2 saturated carbocycles. The molecule has 0 radical (unpaired) electrons. The lowest BCUT2D eigenvalue weighted by molar-refractivity contribution is -0.127. The molecule has 0 spiro atoms. The molecule has 1 aromatic rings. The summed E-state index contributed by atoms with van der Waals surface area (Å²) >= 11 is 0. The lowest BCUT2D eigenvalue weighted by Gasteiger charge is -2.21. The molecule has 0 unspecified atom stereocenters. The van der Waals surface area contributed by atoms with Crippen LogP contribution < -0.4 is 5.32 Å². The Labute approximate surface area is 148 Å². The summed E-state index contributed by atoms with van der Waals surface area (Å²) in [5, 5.41) is 2.85. The summed E-state index contributed by atoms with van der Waals surface area (Å²) in [6, 6.07) is 5.67. The number of allylic oxidation sites excluding steroid dienone is 2. The van der Waals surface area contributed by atoms with E-state index < -0.39 is 0 Å². The van der Waals surface area contributed by atoms with Crippen LogP contribution >= 0.6 is 0 Å². The molecule has 3 rings (SSSR count). The van der Waals surface area contributed by atoms with Crippen molar-refractivity contribution in [1.82, 2.24) is 15.2 Å². The predicted molar refractivity (Wildman–Crippen MR) is 96.4 cm³/mol. The molecular weight excluding hydrogens is 314 g/mol. The lowest BCUT2D eigenvalue weighted by Crippen LogP contribution is -2.37. The number of nitrogens with one attached hydrogen (secondary N) is 1. The van der Waals surface area contributed by atoms with Crippen molar-refractivity contribution in [3.05, 3.63) is 54.4 Å². The van der Waals surface area contributed by atoms with Gasteiger partial charge in [-0.25, -0.2) is 0 Å². The predicted octanol–water partition coefficient (Wildman–Crippen LogP) is 2.46. The number of hydrogen-bond acceptors (Lipinski definition) is 3. The molecule has 132 valence electrons. The van der Waals surface area contributed by atoms with Gasteiger partial charge in [0.15, 0.2) is 0 Å². The van der Waals surface area contributed by atoms with Gasteiger partial charge in [0.25, 0.3) is 0 Å². The molecule has 5 nitrogen and oxygen atoms in total. The standard InChI is InChI=1S/C20H25N3O2/c24-19(10-8-16-4-5-16)22-13-14-23(15-18-3-1-2-12-21-18)20(25)11-9-17-6-7-17/h1-3,8-12,16-17H,4-7,13-15H2,(H,22,24). The Morgan fingerprint density at radius 2 is 1.84 bits per heavy atom. The second-order valence-electron chi connectivity index (χ2n) is 6.76. The van der Waals surface area contributed by atoms with Crippen molar-refractivity contribution in [1.29, 1.82) is 0 Å². The van der Waals surface area contributed by atoms with E-state index in [2.05, 4.69) is 10.3 Å². The topological polar surface area (TPSA) is 62.3 Å². The molecule has 0 atom stereocenters. The second-order valence-corrected chi connectivity index (χ2v) is 6.76. The van der Waals surface area contributed by atoms with Gasteiger partial charge in [0.1, 0.15) is 0 Å². The normalized spacial score (nSPS) is 17.1. The van der Waals surface area contributed by atoms with Crippen LogP contribution in [0.4, 0.5) is 0 Å². The Bertz CT molecular complexity index is 646. The third-order valence-corrected chi connectivity index (χ3v) is 4.35. The molecule has 0 saturated heterocycles. The third-order valence-electron chi connectivity index (χ3n) is 4.35. The highest BCUT2D eigenvalue weighted by Crippen LogP contribution is 2.30. The Balaban J connectivity index is 1.51. The van der Waals surface area contributed by atoms with Crippen LogP contribution in [0.2, 0.25) is 0 Å². The molecule has 2 aliphatic rings. The van der Waals surface area contributed by atoms with Crippen molar-refractivity contribution in [2.45, 2.75) is 32.2 Å². The summed E-state index contributed by atoms with van der Waals surface area (Å²) < 4.78 is 0. The molecule has 0 aromatic carbocycles. The molecule has 1 aromatic heterocycles. The van der Waals surface area contributed by atoms with E-state index in [9.17, 15) is 9.59 Å². The van der Waals surface area contributed by atoms with Crippen LogP contribution in [0, 0.1) is 11.8 Å². The van der Waals surface area contributed by atoms with Gasteiger partial charge in [-0.3, -0.25) is 14.6 Å². The zero-order valence-corrected chi connectivity index (χ0v) is 14.4. The van der Waals surface area contributed by atoms with Crippen LogP contribution in [0.15, 0.2) is 48.7 Å². The summed E-state index contributed by atoms with van der Waals surface area (Å²) in [7, 11) is 0. The van der Waals surface area contributed by atoms with Gasteiger partial charge in [-0.15, -0.1) is 0 Å². The Kier molecular flexibility index (Phi) is 5.99. The van der Waals surface area contributed by atoms with Gasteiger partial charge < -0.3 is 10.2 Å². The first-order valence-corrected chi connectivity index (χ1v) is 9.04. The van der Waals surface area contributed by atoms with Crippen molar-refractivity contribution in [3.8, 4) is 0 Å². The summed E-state index contributed by atoms with van der Waals surface area (Å²) in [6.07, 6.45) is 13.7. The first-order chi connectivity index (χ1) is 12.2. The molecule has 2 aliphatic carbocycles. The molecule has 25 heavy (non-hydrogen) atoms. The molecule has 0 aliphatic heterocycles. The summed E-state index contributed by atoms with van der Waals surface area (Å²) in [5.41, 5.74) is 0.843. The fourth-order valence-electron chi connectivity index (χ4n) is 2.45. The Morgan fingerprint density at radius 3 is 2.48 bits per heavy atom. The average Bonchev–Trinajstić information content (AvgIpc) is 3.52. The molecule has 5 heteroatoms. The largest absolute Gasteiger partial charge is 0.351 e. The fourth-order valence-corrected chi connectivity index (χ4v) is 2.45. The Hall–Kier alpha value is -2.43. The fraction of sp³-hybridized carbons (Fsp3) is 0.450. The van der Waals surface area contributed by atoms with Crippen LogP contribution in [0.3, 0.4) is 0 Å². The highest BCUT2D eigenvalue weighted by molar-refractivity contribution is 5.88. The number of amides is 2. The van der Waals surface area contributed by atoms with Crippen LogP contribution in [-0.2, 0) is 16.1 Å². The monoisotopic (exact) mass is 339 g/mol. The molecular formula is C20H25N3O2. The van der Waals surface area contributed by atoms with Crippen LogP contribution in [0.25, 0.3) is 0 Å². The molecule has 2 fully saturated rings. The number of rotatable bonds is 9. The number of aromatic nitrogens is 1. The smallest absolute Gasteiger partial charge is 0.246 e. The van der Waals surface area contributed by atoms with E-state index in [1.54, 1.807) is 23.2 Å². The number of hydrogen-bond donors (Lipinski definition) is 1.